The highest BCUT2D eigenvalue weighted by molar-refractivity contribution is 4.96. The van der Waals surface area contributed by atoms with E-state index >= 15 is 0 Å². The second-order valence-corrected chi connectivity index (χ2v) is 4.46. The van der Waals surface area contributed by atoms with Crippen molar-refractivity contribution < 1.29 is 4.74 Å². The molecule has 1 aliphatic heterocycles. The quantitative estimate of drug-likeness (QED) is 0.562. The maximum atomic E-state index is 6.19. The molecule has 74 valence electrons. The average Bonchev–Trinajstić information content (AvgIpc) is 2.54. The summed E-state index contributed by atoms with van der Waals surface area (Å²) >= 11 is 0. The van der Waals surface area contributed by atoms with E-state index in [0.29, 0.717) is 11.7 Å². The molecule has 0 radical (unpaired) electrons. The van der Waals surface area contributed by atoms with Crippen LogP contribution in [-0.4, -0.2) is 11.7 Å². The number of hydrogen-bond donors (Lipinski definition) is 0. The van der Waals surface area contributed by atoms with Gasteiger partial charge in [-0.3, -0.25) is 0 Å². The molecule has 1 atom stereocenters. The van der Waals surface area contributed by atoms with Gasteiger partial charge in [0.2, 0.25) is 0 Å². The summed E-state index contributed by atoms with van der Waals surface area (Å²) in [6.45, 7) is 2.08. The van der Waals surface area contributed by atoms with Crippen molar-refractivity contribution >= 4 is 0 Å². The van der Waals surface area contributed by atoms with Crippen LogP contribution in [0.4, 0.5) is 0 Å². The van der Waals surface area contributed by atoms with Crippen LogP contribution in [-0.2, 0) is 4.74 Å². The highest BCUT2D eigenvalue weighted by Crippen LogP contribution is 2.41. The summed E-state index contributed by atoms with van der Waals surface area (Å²) in [6, 6.07) is 0. The zero-order chi connectivity index (χ0) is 9.15. The summed E-state index contributed by atoms with van der Waals surface area (Å²) in [5.74, 6) is 0. The minimum atomic E-state index is 0.294. The lowest BCUT2D eigenvalue weighted by molar-refractivity contribution is -0.105. The van der Waals surface area contributed by atoms with Crippen LogP contribution >= 0.6 is 0 Å². The molecule has 2 aliphatic rings. The summed E-state index contributed by atoms with van der Waals surface area (Å²) in [6.07, 6.45) is 14.0. The summed E-state index contributed by atoms with van der Waals surface area (Å²) in [4.78, 5) is 0. The molecule has 1 aliphatic carbocycles. The van der Waals surface area contributed by atoms with Crippen molar-refractivity contribution in [1.82, 2.24) is 0 Å². The van der Waals surface area contributed by atoms with Crippen molar-refractivity contribution in [3.05, 3.63) is 12.2 Å². The maximum absolute atomic E-state index is 6.19. The molecule has 0 amide bonds. The largest absolute Gasteiger partial charge is 0.368 e. The van der Waals surface area contributed by atoms with Crippen molar-refractivity contribution in [3.63, 3.8) is 0 Å². The fourth-order valence-electron chi connectivity index (χ4n) is 2.80. The topological polar surface area (TPSA) is 9.23 Å². The van der Waals surface area contributed by atoms with Gasteiger partial charge in [-0.2, -0.15) is 0 Å². The lowest BCUT2D eigenvalue weighted by Gasteiger charge is -2.37. The van der Waals surface area contributed by atoms with Crippen LogP contribution in [0.15, 0.2) is 12.2 Å². The molecule has 0 aromatic heterocycles. The summed E-state index contributed by atoms with van der Waals surface area (Å²) in [7, 11) is 0. The van der Waals surface area contributed by atoms with Gasteiger partial charge in [-0.15, -0.1) is 0 Å². The number of rotatable bonds is 1. The minimum Gasteiger partial charge on any atom is -0.368 e. The molecule has 1 nitrogen and oxygen atoms in total. The third kappa shape index (κ3) is 1.96. The van der Waals surface area contributed by atoms with E-state index < -0.39 is 0 Å². The molecule has 1 saturated heterocycles. The van der Waals surface area contributed by atoms with Crippen molar-refractivity contribution in [2.45, 2.75) is 63.6 Å². The van der Waals surface area contributed by atoms with Crippen molar-refractivity contribution in [3.8, 4) is 0 Å². The predicted molar refractivity (Wildman–Crippen MR) is 54.7 cm³/mol. The van der Waals surface area contributed by atoms with Gasteiger partial charge in [0.1, 0.15) is 0 Å². The van der Waals surface area contributed by atoms with Crippen molar-refractivity contribution in [2.24, 2.45) is 0 Å². The highest BCUT2D eigenvalue weighted by Gasteiger charge is 2.38. The molecule has 0 N–H and O–H groups in total. The van der Waals surface area contributed by atoms with E-state index in [9.17, 15) is 0 Å². The Morgan fingerprint density at radius 2 is 1.85 bits per heavy atom. The van der Waals surface area contributed by atoms with E-state index in [1.165, 1.54) is 44.9 Å². The van der Waals surface area contributed by atoms with Crippen LogP contribution in [0, 0.1) is 0 Å². The number of allylic oxidation sites excluding steroid dienone is 1. The van der Waals surface area contributed by atoms with Crippen LogP contribution in [0.5, 0.6) is 0 Å². The van der Waals surface area contributed by atoms with Crippen LogP contribution in [0.1, 0.15) is 51.9 Å². The van der Waals surface area contributed by atoms with E-state index in [2.05, 4.69) is 19.1 Å². The molecule has 1 saturated carbocycles. The Balaban J connectivity index is 1.98. The zero-order valence-corrected chi connectivity index (χ0v) is 8.59. The Kier molecular flexibility index (Phi) is 2.73. The Labute approximate surface area is 81.2 Å². The fourth-order valence-corrected chi connectivity index (χ4v) is 2.80. The van der Waals surface area contributed by atoms with Crippen molar-refractivity contribution in [2.75, 3.05) is 0 Å². The van der Waals surface area contributed by atoms with E-state index in [1.807, 2.05) is 0 Å². The molecule has 2 fully saturated rings. The number of hydrogen-bond acceptors (Lipinski definition) is 1. The lowest BCUT2D eigenvalue weighted by atomic mass is 9.90. The molecule has 1 unspecified atom stereocenters. The molecular formula is C12H20O. The molecule has 0 aromatic rings. The standard InChI is InChI=1S/C12H20O/c1-2-6-11-7-5-10-12(13-11)8-3-4-9-12/h2,6,11H,3-5,7-10H2,1H3/b6-2+. The normalized spacial score (nSPS) is 33.2. The van der Waals surface area contributed by atoms with Gasteiger partial charge >= 0.3 is 0 Å². The molecule has 2 rings (SSSR count). The second kappa shape index (κ2) is 3.83. The van der Waals surface area contributed by atoms with Gasteiger partial charge in [0.25, 0.3) is 0 Å². The van der Waals surface area contributed by atoms with Gasteiger partial charge < -0.3 is 4.74 Å². The van der Waals surface area contributed by atoms with E-state index in [4.69, 9.17) is 4.74 Å². The fraction of sp³-hybridized carbons (Fsp3) is 0.833. The zero-order valence-electron chi connectivity index (χ0n) is 8.59. The molecule has 0 aromatic carbocycles. The Bertz CT molecular complexity index is 189. The summed E-state index contributed by atoms with van der Waals surface area (Å²) in [5, 5.41) is 0. The van der Waals surface area contributed by atoms with E-state index in [1.54, 1.807) is 0 Å². The smallest absolute Gasteiger partial charge is 0.0763 e. The van der Waals surface area contributed by atoms with Crippen LogP contribution < -0.4 is 0 Å². The van der Waals surface area contributed by atoms with E-state index in [0.717, 1.165) is 0 Å². The molecule has 1 heteroatoms. The first-order chi connectivity index (χ1) is 6.35. The first-order valence-corrected chi connectivity index (χ1v) is 5.65. The number of ether oxygens (including phenoxy) is 1. The van der Waals surface area contributed by atoms with Gasteiger partial charge in [-0.05, 0) is 39.0 Å². The minimum absolute atomic E-state index is 0.294. The van der Waals surface area contributed by atoms with Gasteiger partial charge in [0.05, 0.1) is 11.7 Å². The second-order valence-electron chi connectivity index (χ2n) is 4.46. The highest BCUT2D eigenvalue weighted by atomic mass is 16.5. The van der Waals surface area contributed by atoms with Crippen LogP contribution in [0.25, 0.3) is 0 Å². The maximum Gasteiger partial charge on any atom is 0.0763 e. The SMILES string of the molecule is C/C=C/C1CCCC2(CCCC2)O1. The van der Waals surface area contributed by atoms with Crippen LogP contribution in [0.2, 0.25) is 0 Å². The third-order valence-electron chi connectivity index (χ3n) is 3.44. The monoisotopic (exact) mass is 180 g/mol. The molecule has 1 spiro atoms. The molecule has 13 heavy (non-hydrogen) atoms. The summed E-state index contributed by atoms with van der Waals surface area (Å²) < 4.78 is 6.19. The Morgan fingerprint density at radius 3 is 2.54 bits per heavy atom. The summed E-state index contributed by atoms with van der Waals surface area (Å²) in [5.41, 5.74) is 0.294. The first kappa shape index (κ1) is 9.26. The Morgan fingerprint density at radius 1 is 1.15 bits per heavy atom. The Hall–Kier alpha value is -0.300. The van der Waals surface area contributed by atoms with E-state index in [-0.39, 0.29) is 0 Å². The lowest BCUT2D eigenvalue weighted by Crippen LogP contribution is -2.37. The van der Waals surface area contributed by atoms with Gasteiger partial charge in [0.15, 0.2) is 0 Å². The average molecular weight is 180 g/mol. The van der Waals surface area contributed by atoms with Crippen LogP contribution in [0.3, 0.4) is 0 Å². The first-order valence-electron chi connectivity index (χ1n) is 5.65. The third-order valence-corrected chi connectivity index (χ3v) is 3.44. The predicted octanol–water partition coefficient (Wildman–Crippen LogP) is 3.44. The van der Waals surface area contributed by atoms with Gasteiger partial charge in [-0.1, -0.05) is 25.0 Å². The molecule has 0 bridgehead atoms. The van der Waals surface area contributed by atoms with Gasteiger partial charge in [-0.25, -0.2) is 0 Å². The van der Waals surface area contributed by atoms with Gasteiger partial charge in [0, 0.05) is 0 Å². The molecule has 1 heterocycles. The van der Waals surface area contributed by atoms with Crippen molar-refractivity contribution in [1.29, 1.82) is 0 Å². The molecular weight excluding hydrogens is 160 g/mol.